The molecule has 0 spiro atoms. The Bertz CT molecular complexity index is 223. The molecule has 2 heterocycles. The fourth-order valence-electron chi connectivity index (χ4n) is 3.49. The van der Waals surface area contributed by atoms with Gasteiger partial charge in [0, 0.05) is 25.2 Å². The first-order valence-corrected chi connectivity index (χ1v) is 7.54. The molecule has 0 bridgehead atoms. The van der Waals surface area contributed by atoms with Gasteiger partial charge in [0.2, 0.25) is 0 Å². The molecule has 2 saturated heterocycles. The van der Waals surface area contributed by atoms with Crippen LogP contribution in [-0.4, -0.2) is 48.1 Å². The van der Waals surface area contributed by atoms with Gasteiger partial charge in [-0.2, -0.15) is 0 Å². The molecule has 2 aliphatic rings. The first-order valence-electron chi connectivity index (χ1n) is 7.54. The lowest BCUT2D eigenvalue weighted by Crippen LogP contribution is -2.55. The molecule has 0 N–H and O–H groups in total. The molecule has 2 heteroatoms. The van der Waals surface area contributed by atoms with Gasteiger partial charge in [-0.3, -0.25) is 4.90 Å². The Morgan fingerprint density at radius 1 is 1.00 bits per heavy atom. The van der Waals surface area contributed by atoms with Crippen molar-refractivity contribution in [3.8, 4) is 0 Å². The summed E-state index contributed by atoms with van der Waals surface area (Å²) in [6, 6.07) is 1.63. The van der Waals surface area contributed by atoms with Crippen LogP contribution in [0.4, 0.5) is 0 Å². The third-order valence-electron chi connectivity index (χ3n) is 4.54. The second-order valence-corrected chi connectivity index (χ2v) is 6.81. The van der Waals surface area contributed by atoms with Gasteiger partial charge >= 0.3 is 0 Å². The molecule has 17 heavy (non-hydrogen) atoms. The number of piperidine rings is 1. The summed E-state index contributed by atoms with van der Waals surface area (Å²) in [7, 11) is 0. The van der Waals surface area contributed by atoms with Crippen LogP contribution in [0.3, 0.4) is 0 Å². The van der Waals surface area contributed by atoms with Gasteiger partial charge in [-0.05, 0) is 58.0 Å². The largest absolute Gasteiger partial charge is 0.301 e. The second kappa shape index (κ2) is 5.71. The van der Waals surface area contributed by atoms with Crippen LogP contribution in [0.1, 0.15) is 47.0 Å². The molecule has 0 aromatic rings. The minimum absolute atomic E-state index is 0.737. The van der Waals surface area contributed by atoms with Crippen LogP contribution < -0.4 is 0 Å². The standard InChI is InChI=1S/C15H30N2/c1-12(2)9-14-10-17(11-14)15-5-7-16(8-6-15)13(3)4/h12-15H,5-11H2,1-4H3. The van der Waals surface area contributed by atoms with E-state index in [1.54, 1.807) is 0 Å². The van der Waals surface area contributed by atoms with Crippen molar-refractivity contribution in [3.05, 3.63) is 0 Å². The third kappa shape index (κ3) is 3.45. The molecule has 0 amide bonds. The molecule has 2 aliphatic heterocycles. The molecule has 2 fully saturated rings. The van der Waals surface area contributed by atoms with Crippen molar-refractivity contribution in [1.82, 2.24) is 9.80 Å². The molecule has 100 valence electrons. The Morgan fingerprint density at radius 2 is 1.59 bits per heavy atom. The van der Waals surface area contributed by atoms with Gasteiger partial charge in [0.05, 0.1) is 0 Å². The maximum absolute atomic E-state index is 2.74. The van der Waals surface area contributed by atoms with E-state index in [2.05, 4.69) is 37.5 Å². The van der Waals surface area contributed by atoms with E-state index in [1.807, 2.05) is 0 Å². The van der Waals surface area contributed by atoms with E-state index < -0.39 is 0 Å². The molecular weight excluding hydrogens is 208 g/mol. The fourth-order valence-corrected chi connectivity index (χ4v) is 3.49. The maximum atomic E-state index is 2.74. The van der Waals surface area contributed by atoms with Crippen LogP contribution in [0.15, 0.2) is 0 Å². The van der Waals surface area contributed by atoms with Gasteiger partial charge < -0.3 is 4.90 Å². The summed E-state index contributed by atoms with van der Waals surface area (Å²) < 4.78 is 0. The fraction of sp³-hybridized carbons (Fsp3) is 1.00. The molecular formula is C15H30N2. The zero-order chi connectivity index (χ0) is 12.4. The molecule has 0 unspecified atom stereocenters. The summed E-state index contributed by atoms with van der Waals surface area (Å²) in [5.41, 5.74) is 0. The van der Waals surface area contributed by atoms with Crippen LogP contribution in [0, 0.1) is 11.8 Å². The summed E-state index contributed by atoms with van der Waals surface area (Å²) in [4.78, 5) is 5.37. The number of rotatable bonds is 4. The van der Waals surface area contributed by atoms with E-state index >= 15 is 0 Å². The molecule has 0 aromatic carbocycles. The third-order valence-corrected chi connectivity index (χ3v) is 4.54. The smallest absolute Gasteiger partial charge is 0.0120 e. The van der Waals surface area contributed by atoms with Crippen molar-refractivity contribution in [2.45, 2.75) is 59.0 Å². The lowest BCUT2D eigenvalue weighted by molar-refractivity contribution is 0.00715. The Morgan fingerprint density at radius 3 is 2.06 bits per heavy atom. The number of hydrogen-bond acceptors (Lipinski definition) is 2. The minimum Gasteiger partial charge on any atom is -0.301 e. The number of hydrogen-bond donors (Lipinski definition) is 0. The highest BCUT2D eigenvalue weighted by molar-refractivity contribution is 4.89. The van der Waals surface area contributed by atoms with E-state index in [4.69, 9.17) is 0 Å². The van der Waals surface area contributed by atoms with Crippen molar-refractivity contribution >= 4 is 0 Å². The normalized spacial score (nSPS) is 25.8. The molecule has 2 rings (SSSR count). The lowest BCUT2D eigenvalue weighted by Gasteiger charge is -2.48. The lowest BCUT2D eigenvalue weighted by atomic mass is 9.87. The van der Waals surface area contributed by atoms with Crippen LogP contribution >= 0.6 is 0 Å². The molecule has 0 aliphatic carbocycles. The van der Waals surface area contributed by atoms with Crippen LogP contribution in [0.5, 0.6) is 0 Å². The summed E-state index contributed by atoms with van der Waals surface area (Å²) in [5.74, 6) is 1.88. The van der Waals surface area contributed by atoms with Crippen molar-refractivity contribution in [2.75, 3.05) is 26.2 Å². The monoisotopic (exact) mass is 238 g/mol. The molecule has 0 saturated carbocycles. The first-order chi connectivity index (χ1) is 8.06. The Hall–Kier alpha value is -0.0800. The molecule has 2 nitrogen and oxygen atoms in total. The Labute approximate surface area is 107 Å². The Kier molecular flexibility index (Phi) is 4.48. The van der Waals surface area contributed by atoms with Crippen LogP contribution in [-0.2, 0) is 0 Å². The zero-order valence-electron chi connectivity index (χ0n) is 12.2. The van der Waals surface area contributed by atoms with E-state index in [0.717, 1.165) is 23.9 Å². The van der Waals surface area contributed by atoms with Gasteiger partial charge in [0.25, 0.3) is 0 Å². The number of likely N-dealkylation sites (tertiary alicyclic amines) is 2. The Balaban J connectivity index is 1.66. The quantitative estimate of drug-likeness (QED) is 0.743. The van der Waals surface area contributed by atoms with E-state index in [-0.39, 0.29) is 0 Å². The highest BCUT2D eigenvalue weighted by Crippen LogP contribution is 2.29. The number of nitrogens with zero attached hydrogens (tertiary/aromatic N) is 2. The van der Waals surface area contributed by atoms with Crippen molar-refractivity contribution in [2.24, 2.45) is 11.8 Å². The van der Waals surface area contributed by atoms with Crippen molar-refractivity contribution in [1.29, 1.82) is 0 Å². The van der Waals surface area contributed by atoms with Gasteiger partial charge in [-0.1, -0.05) is 13.8 Å². The zero-order valence-corrected chi connectivity index (χ0v) is 12.2. The maximum Gasteiger partial charge on any atom is 0.0120 e. The second-order valence-electron chi connectivity index (χ2n) is 6.81. The highest BCUT2D eigenvalue weighted by Gasteiger charge is 2.34. The molecule has 0 radical (unpaired) electrons. The summed E-state index contributed by atoms with van der Waals surface area (Å²) >= 11 is 0. The van der Waals surface area contributed by atoms with E-state index in [0.29, 0.717) is 0 Å². The topological polar surface area (TPSA) is 6.48 Å². The van der Waals surface area contributed by atoms with E-state index in [1.165, 1.54) is 45.4 Å². The summed E-state index contributed by atoms with van der Waals surface area (Å²) in [5, 5.41) is 0. The molecule has 0 atom stereocenters. The average Bonchev–Trinajstić information content (AvgIpc) is 2.23. The molecule has 0 aromatic heterocycles. The van der Waals surface area contributed by atoms with Gasteiger partial charge in [-0.15, -0.1) is 0 Å². The van der Waals surface area contributed by atoms with Crippen LogP contribution in [0.2, 0.25) is 0 Å². The van der Waals surface area contributed by atoms with Crippen molar-refractivity contribution < 1.29 is 0 Å². The predicted molar refractivity (Wildman–Crippen MR) is 74.2 cm³/mol. The first kappa shape index (κ1) is 13.4. The van der Waals surface area contributed by atoms with Gasteiger partial charge in [0.1, 0.15) is 0 Å². The highest BCUT2D eigenvalue weighted by atomic mass is 15.2. The van der Waals surface area contributed by atoms with Crippen molar-refractivity contribution in [3.63, 3.8) is 0 Å². The van der Waals surface area contributed by atoms with Crippen LogP contribution in [0.25, 0.3) is 0 Å². The van der Waals surface area contributed by atoms with E-state index in [9.17, 15) is 0 Å². The predicted octanol–water partition coefficient (Wildman–Crippen LogP) is 2.84. The van der Waals surface area contributed by atoms with Gasteiger partial charge in [0.15, 0.2) is 0 Å². The van der Waals surface area contributed by atoms with Gasteiger partial charge in [-0.25, -0.2) is 0 Å². The SMILES string of the molecule is CC(C)CC1CN(C2CCN(C(C)C)CC2)C1. The minimum atomic E-state index is 0.737. The summed E-state index contributed by atoms with van der Waals surface area (Å²) in [6.45, 7) is 14.7. The average molecular weight is 238 g/mol. The summed E-state index contributed by atoms with van der Waals surface area (Å²) in [6.07, 6.45) is 4.22.